The van der Waals surface area contributed by atoms with Crippen LogP contribution in [-0.4, -0.2) is 9.78 Å². The standard InChI is InChI=1S/C12H14FN3O/c1-2-16-8-9(7-15-16)17-12-5-3-4-11(13)10(12)6-14/h3-5,7-8H,2,6,14H2,1H3. The van der Waals surface area contributed by atoms with Crippen LogP contribution < -0.4 is 10.5 Å². The lowest BCUT2D eigenvalue weighted by molar-refractivity contribution is 0.466. The lowest BCUT2D eigenvalue weighted by atomic mass is 10.2. The number of aryl methyl sites for hydroxylation is 1. The molecule has 2 aromatic rings. The van der Waals surface area contributed by atoms with Crippen LogP contribution in [0.15, 0.2) is 30.6 Å². The highest BCUT2D eigenvalue weighted by atomic mass is 19.1. The van der Waals surface area contributed by atoms with Crippen LogP contribution in [0.1, 0.15) is 12.5 Å². The Bertz CT molecular complexity index is 510. The number of nitrogens with zero attached hydrogens (tertiary/aromatic N) is 2. The van der Waals surface area contributed by atoms with E-state index in [0.717, 1.165) is 6.54 Å². The average molecular weight is 235 g/mol. The van der Waals surface area contributed by atoms with Gasteiger partial charge in [-0.05, 0) is 19.1 Å². The maximum atomic E-state index is 13.4. The van der Waals surface area contributed by atoms with Gasteiger partial charge in [-0.1, -0.05) is 6.07 Å². The lowest BCUT2D eigenvalue weighted by Crippen LogP contribution is -2.02. The molecule has 0 atom stereocenters. The Kier molecular flexibility index (Phi) is 3.39. The maximum Gasteiger partial charge on any atom is 0.165 e. The van der Waals surface area contributed by atoms with Crippen molar-refractivity contribution < 1.29 is 9.13 Å². The van der Waals surface area contributed by atoms with Gasteiger partial charge in [-0.25, -0.2) is 4.39 Å². The molecule has 0 saturated heterocycles. The van der Waals surface area contributed by atoms with E-state index in [1.807, 2.05) is 6.92 Å². The quantitative estimate of drug-likeness (QED) is 0.884. The van der Waals surface area contributed by atoms with E-state index in [1.54, 1.807) is 29.2 Å². The molecule has 17 heavy (non-hydrogen) atoms. The van der Waals surface area contributed by atoms with Crippen LogP contribution in [0.4, 0.5) is 4.39 Å². The second kappa shape index (κ2) is 4.97. The summed E-state index contributed by atoms with van der Waals surface area (Å²) in [4.78, 5) is 0. The number of aromatic nitrogens is 2. The molecular weight excluding hydrogens is 221 g/mol. The Morgan fingerprint density at radius 1 is 1.47 bits per heavy atom. The molecule has 0 unspecified atom stereocenters. The van der Waals surface area contributed by atoms with Crippen LogP contribution in [0, 0.1) is 5.82 Å². The van der Waals surface area contributed by atoms with Crippen molar-refractivity contribution in [2.45, 2.75) is 20.0 Å². The van der Waals surface area contributed by atoms with Gasteiger partial charge in [0.15, 0.2) is 5.75 Å². The molecular formula is C12H14FN3O. The van der Waals surface area contributed by atoms with E-state index in [9.17, 15) is 4.39 Å². The van der Waals surface area contributed by atoms with Gasteiger partial charge in [0.2, 0.25) is 0 Å². The number of benzene rings is 1. The van der Waals surface area contributed by atoms with Gasteiger partial charge in [0.1, 0.15) is 11.6 Å². The largest absolute Gasteiger partial charge is 0.454 e. The van der Waals surface area contributed by atoms with Gasteiger partial charge in [-0.3, -0.25) is 4.68 Å². The van der Waals surface area contributed by atoms with E-state index >= 15 is 0 Å². The van der Waals surface area contributed by atoms with E-state index in [1.165, 1.54) is 6.07 Å². The third-order valence-corrected chi connectivity index (χ3v) is 2.44. The lowest BCUT2D eigenvalue weighted by Gasteiger charge is -2.08. The minimum absolute atomic E-state index is 0.101. The number of rotatable bonds is 4. The zero-order valence-corrected chi connectivity index (χ0v) is 9.56. The topological polar surface area (TPSA) is 53.1 Å². The molecule has 0 aliphatic heterocycles. The Morgan fingerprint density at radius 2 is 2.29 bits per heavy atom. The SMILES string of the molecule is CCn1cc(Oc2cccc(F)c2CN)cn1. The van der Waals surface area contributed by atoms with Crippen LogP contribution >= 0.6 is 0 Å². The highest BCUT2D eigenvalue weighted by Crippen LogP contribution is 2.26. The molecule has 4 nitrogen and oxygen atoms in total. The minimum Gasteiger partial charge on any atom is -0.454 e. The van der Waals surface area contributed by atoms with E-state index < -0.39 is 0 Å². The Morgan fingerprint density at radius 3 is 2.94 bits per heavy atom. The second-order valence-electron chi connectivity index (χ2n) is 3.55. The van der Waals surface area contributed by atoms with Crippen molar-refractivity contribution in [2.24, 2.45) is 5.73 Å². The smallest absolute Gasteiger partial charge is 0.165 e. The third kappa shape index (κ3) is 2.45. The van der Waals surface area contributed by atoms with Crippen molar-refractivity contribution in [3.8, 4) is 11.5 Å². The van der Waals surface area contributed by atoms with Crippen molar-refractivity contribution in [3.05, 3.63) is 42.0 Å². The first-order valence-corrected chi connectivity index (χ1v) is 5.42. The molecule has 0 radical (unpaired) electrons. The zero-order valence-electron chi connectivity index (χ0n) is 9.56. The van der Waals surface area contributed by atoms with Crippen LogP contribution in [0.2, 0.25) is 0 Å². The Labute approximate surface area is 98.8 Å². The first-order valence-electron chi connectivity index (χ1n) is 5.42. The van der Waals surface area contributed by atoms with Gasteiger partial charge in [-0.15, -0.1) is 0 Å². The molecule has 1 aromatic heterocycles. The predicted molar refractivity (Wildman–Crippen MR) is 62.3 cm³/mol. The van der Waals surface area contributed by atoms with E-state index in [0.29, 0.717) is 17.1 Å². The first-order chi connectivity index (χ1) is 8.24. The summed E-state index contributed by atoms with van der Waals surface area (Å²) in [5.41, 5.74) is 5.87. The van der Waals surface area contributed by atoms with Gasteiger partial charge in [0, 0.05) is 18.7 Å². The van der Waals surface area contributed by atoms with Crippen molar-refractivity contribution in [1.82, 2.24) is 9.78 Å². The van der Waals surface area contributed by atoms with Gasteiger partial charge in [-0.2, -0.15) is 5.10 Å². The summed E-state index contributed by atoms with van der Waals surface area (Å²) < 4.78 is 20.7. The summed E-state index contributed by atoms with van der Waals surface area (Å²) >= 11 is 0. The molecule has 90 valence electrons. The fraction of sp³-hybridized carbons (Fsp3) is 0.250. The Balaban J connectivity index is 2.26. The fourth-order valence-corrected chi connectivity index (χ4v) is 1.53. The van der Waals surface area contributed by atoms with E-state index in [2.05, 4.69) is 5.10 Å². The van der Waals surface area contributed by atoms with Crippen molar-refractivity contribution in [1.29, 1.82) is 0 Å². The van der Waals surface area contributed by atoms with Gasteiger partial charge < -0.3 is 10.5 Å². The summed E-state index contributed by atoms with van der Waals surface area (Å²) in [6, 6.07) is 4.65. The van der Waals surface area contributed by atoms with Crippen LogP contribution in [0.25, 0.3) is 0 Å². The number of halogens is 1. The molecule has 0 amide bonds. The number of hydrogen-bond donors (Lipinski definition) is 1. The van der Waals surface area contributed by atoms with Gasteiger partial charge >= 0.3 is 0 Å². The molecule has 2 rings (SSSR count). The minimum atomic E-state index is -0.354. The molecule has 0 bridgehead atoms. The highest BCUT2D eigenvalue weighted by molar-refractivity contribution is 5.37. The zero-order chi connectivity index (χ0) is 12.3. The molecule has 0 saturated carbocycles. The summed E-state index contributed by atoms with van der Waals surface area (Å²) in [5.74, 6) is 0.656. The molecule has 0 aliphatic rings. The molecule has 5 heteroatoms. The normalized spacial score (nSPS) is 10.5. The van der Waals surface area contributed by atoms with Crippen molar-refractivity contribution in [2.75, 3.05) is 0 Å². The van der Waals surface area contributed by atoms with Crippen LogP contribution in [0.3, 0.4) is 0 Å². The molecule has 0 spiro atoms. The summed E-state index contributed by atoms with van der Waals surface area (Å²) in [6.45, 7) is 2.84. The summed E-state index contributed by atoms with van der Waals surface area (Å²) in [5, 5.41) is 4.08. The fourth-order valence-electron chi connectivity index (χ4n) is 1.53. The number of ether oxygens (including phenoxy) is 1. The predicted octanol–water partition coefficient (Wildman–Crippen LogP) is 2.29. The second-order valence-corrected chi connectivity index (χ2v) is 3.55. The average Bonchev–Trinajstić information content (AvgIpc) is 2.77. The molecule has 2 N–H and O–H groups in total. The number of hydrogen-bond acceptors (Lipinski definition) is 3. The van der Waals surface area contributed by atoms with E-state index in [4.69, 9.17) is 10.5 Å². The summed E-state index contributed by atoms with van der Waals surface area (Å²) in [7, 11) is 0. The monoisotopic (exact) mass is 235 g/mol. The molecule has 0 aliphatic carbocycles. The van der Waals surface area contributed by atoms with Crippen LogP contribution in [0.5, 0.6) is 11.5 Å². The van der Waals surface area contributed by atoms with E-state index in [-0.39, 0.29) is 12.4 Å². The molecule has 1 aromatic carbocycles. The van der Waals surface area contributed by atoms with Gasteiger partial charge in [0.25, 0.3) is 0 Å². The van der Waals surface area contributed by atoms with Gasteiger partial charge in [0.05, 0.1) is 12.4 Å². The first kappa shape index (κ1) is 11.6. The highest BCUT2D eigenvalue weighted by Gasteiger charge is 2.09. The van der Waals surface area contributed by atoms with Crippen molar-refractivity contribution in [3.63, 3.8) is 0 Å². The summed E-state index contributed by atoms with van der Waals surface area (Å²) in [6.07, 6.45) is 3.35. The van der Waals surface area contributed by atoms with Crippen LogP contribution in [-0.2, 0) is 13.1 Å². The molecule has 0 fully saturated rings. The molecule has 1 heterocycles. The number of nitrogens with two attached hydrogens (primary N) is 1. The maximum absolute atomic E-state index is 13.4. The third-order valence-electron chi connectivity index (χ3n) is 2.44. The van der Waals surface area contributed by atoms with Crippen molar-refractivity contribution >= 4 is 0 Å². The Hall–Kier alpha value is -1.88.